The molecule has 0 heterocycles. The number of unbranched alkanes of at least 4 members (excludes halogenated alkanes) is 4. The molecule has 0 aromatic rings. The minimum absolute atomic E-state index is 0.0455. The molecule has 4 heteroatoms. The molecule has 0 aliphatic carbocycles. The number of hydrogen-bond acceptors (Lipinski definition) is 3. The third kappa shape index (κ3) is 11.5. The molecule has 0 saturated carbocycles. The van der Waals surface area contributed by atoms with Gasteiger partial charge in [0.25, 0.3) is 0 Å². The van der Waals surface area contributed by atoms with Gasteiger partial charge in [0.05, 0.1) is 1.37 Å². The summed E-state index contributed by atoms with van der Waals surface area (Å²) >= 11 is 0. The summed E-state index contributed by atoms with van der Waals surface area (Å²) in [5.41, 5.74) is 0. The molecule has 0 bridgehead atoms. The highest BCUT2D eigenvalue weighted by atomic mass is 16.5. The van der Waals surface area contributed by atoms with Gasteiger partial charge < -0.3 is 15.2 Å². The summed E-state index contributed by atoms with van der Waals surface area (Å²) in [5.74, 6) is 0.0796. The van der Waals surface area contributed by atoms with Crippen LogP contribution < -0.4 is 5.32 Å². The number of ether oxygens (including phenoxy) is 1. The molecule has 0 spiro atoms. The lowest BCUT2D eigenvalue weighted by molar-refractivity contribution is -0.121. The molecule has 0 rings (SSSR count). The van der Waals surface area contributed by atoms with E-state index in [9.17, 15) is 4.79 Å². The molecule has 0 atom stereocenters. The summed E-state index contributed by atoms with van der Waals surface area (Å²) in [6.45, 7) is 1.56. The quantitative estimate of drug-likeness (QED) is 0.531. The van der Waals surface area contributed by atoms with Crippen molar-refractivity contribution in [3.05, 3.63) is 0 Å². The number of hydrogen-bond donors (Lipinski definition) is 2. The first-order chi connectivity index (χ1) is 8.31. The molecule has 0 radical (unpaired) electrons. The second kappa shape index (κ2) is 12.5. The van der Waals surface area contributed by atoms with Crippen LogP contribution in [-0.4, -0.2) is 37.9 Å². The number of aliphatic hydroxyl groups excluding tert-OH is 1. The van der Waals surface area contributed by atoms with Crippen molar-refractivity contribution in [2.24, 2.45) is 0 Å². The van der Waals surface area contributed by atoms with Gasteiger partial charge in [-0.15, -0.1) is 0 Å². The maximum absolute atomic E-state index is 11.3. The van der Waals surface area contributed by atoms with Gasteiger partial charge in [0.2, 0.25) is 5.91 Å². The van der Waals surface area contributed by atoms with E-state index in [1.165, 1.54) is 0 Å². The molecule has 1 amide bonds. The van der Waals surface area contributed by atoms with Gasteiger partial charge in [-0.05, 0) is 25.7 Å². The molecule has 16 heavy (non-hydrogen) atoms. The maximum atomic E-state index is 11.3. The van der Waals surface area contributed by atoms with E-state index in [-0.39, 0.29) is 19.6 Å². The summed E-state index contributed by atoms with van der Waals surface area (Å²) in [5, 5.41) is 11.4. The number of aliphatic hydroxyl groups is 1. The van der Waals surface area contributed by atoms with Crippen molar-refractivity contribution in [3.63, 3.8) is 0 Å². The zero-order valence-corrected chi connectivity index (χ0v) is 10.0. The van der Waals surface area contributed by atoms with Gasteiger partial charge >= 0.3 is 0 Å². The molecule has 0 saturated heterocycles. The Morgan fingerprint density at radius 3 is 2.81 bits per heavy atom. The van der Waals surface area contributed by atoms with E-state index in [0.717, 1.165) is 38.6 Å². The topological polar surface area (TPSA) is 58.6 Å². The molecule has 0 aliphatic heterocycles. The van der Waals surface area contributed by atoms with Gasteiger partial charge in [0.15, 0.2) is 0 Å². The second-order valence-corrected chi connectivity index (χ2v) is 3.85. The lowest BCUT2D eigenvalue weighted by Gasteiger charge is -2.04. The van der Waals surface area contributed by atoms with Crippen molar-refractivity contribution in [2.75, 3.05) is 26.8 Å². The molecule has 2 N–H and O–H groups in total. The number of nitrogens with one attached hydrogen (secondary N) is 1. The highest BCUT2D eigenvalue weighted by molar-refractivity contribution is 5.75. The minimum Gasteiger partial charge on any atom is -0.396 e. The predicted molar refractivity (Wildman–Crippen MR) is 64.3 cm³/mol. The van der Waals surface area contributed by atoms with E-state index in [2.05, 4.69) is 5.32 Å². The van der Waals surface area contributed by atoms with E-state index in [4.69, 9.17) is 11.2 Å². The summed E-state index contributed by atoms with van der Waals surface area (Å²) in [6.07, 6.45) is 6.11. The first-order valence-electron chi connectivity index (χ1n) is 6.76. The van der Waals surface area contributed by atoms with Crippen molar-refractivity contribution >= 4 is 5.91 Å². The Morgan fingerprint density at radius 1 is 1.25 bits per heavy atom. The molecular weight excluding hydrogens is 206 g/mol. The van der Waals surface area contributed by atoms with E-state index in [0.29, 0.717) is 19.4 Å². The molecule has 0 unspecified atom stereocenters. The van der Waals surface area contributed by atoms with Crippen LogP contribution in [0.4, 0.5) is 0 Å². The molecule has 0 aromatic heterocycles. The molecular formula is C12H25NO3. The second-order valence-electron chi connectivity index (χ2n) is 3.85. The minimum atomic E-state index is 0.0455. The van der Waals surface area contributed by atoms with Gasteiger partial charge in [0.1, 0.15) is 0 Å². The van der Waals surface area contributed by atoms with Crippen LogP contribution in [0.3, 0.4) is 0 Å². The van der Waals surface area contributed by atoms with Gasteiger partial charge in [-0.2, -0.15) is 0 Å². The lowest BCUT2D eigenvalue weighted by atomic mass is 10.2. The average molecular weight is 233 g/mol. The van der Waals surface area contributed by atoms with Crippen molar-refractivity contribution in [1.29, 1.82) is 0 Å². The Labute approximate surface area is 99.8 Å². The first kappa shape index (κ1) is 13.5. The van der Waals surface area contributed by atoms with Crippen LogP contribution in [-0.2, 0) is 9.53 Å². The third-order valence-corrected chi connectivity index (χ3v) is 2.35. The number of carbonyl (C=O) groups excluding carboxylic acids is 1. The van der Waals surface area contributed by atoms with Crippen molar-refractivity contribution in [3.8, 4) is 0 Å². The summed E-state index contributed by atoms with van der Waals surface area (Å²) < 4.78 is 11.7. The Kier molecular flexibility index (Phi) is 10.5. The smallest absolute Gasteiger partial charge is 0.219 e. The summed E-state index contributed by atoms with van der Waals surface area (Å²) in [4.78, 5) is 11.3. The van der Waals surface area contributed by atoms with Crippen LogP contribution in [0.1, 0.15) is 46.3 Å². The number of carbonyl (C=O) groups is 1. The Balaban J connectivity index is 3.08. The van der Waals surface area contributed by atoms with Gasteiger partial charge in [-0.1, -0.05) is 12.8 Å². The Morgan fingerprint density at radius 2 is 2.06 bits per heavy atom. The van der Waals surface area contributed by atoms with Crippen molar-refractivity contribution < 1.29 is 16.0 Å². The fourth-order valence-electron chi connectivity index (χ4n) is 1.40. The standard InChI is InChI=1S/C12H25NO3/c1-16-11-7-3-2-5-9-13-12(15)8-4-6-10-14/h14H,2-11H2,1H3,(H,13,15)/i1T. The Hall–Kier alpha value is -0.610. The highest BCUT2D eigenvalue weighted by Crippen LogP contribution is 1.99. The van der Waals surface area contributed by atoms with Crippen LogP contribution in [0.15, 0.2) is 0 Å². The summed E-state index contributed by atoms with van der Waals surface area (Å²) in [7, 11) is 0.0455. The summed E-state index contributed by atoms with van der Waals surface area (Å²) in [6, 6.07) is 0. The van der Waals surface area contributed by atoms with Crippen LogP contribution in [0.5, 0.6) is 0 Å². The highest BCUT2D eigenvalue weighted by Gasteiger charge is 1.99. The molecule has 0 aliphatic rings. The van der Waals surface area contributed by atoms with Crippen molar-refractivity contribution in [1.82, 2.24) is 5.32 Å². The van der Waals surface area contributed by atoms with Gasteiger partial charge in [-0.25, -0.2) is 0 Å². The zero-order valence-electron chi connectivity index (χ0n) is 11.0. The van der Waals surface area contributed by atoms with E-state index >= 15 is 0 Å². The van der Waals surface area contributed by atoms with Crippen LogP contribution in [0, 0.1) is 0 Å². The SMILES string of the molecule is [3H]COCCCCCCNC(=O)CCCCO. The third-order valence-electron chi connectivity index (χ3n) is 2.35. The van der Waals surface area contributed by atoms with E-state index in [1.54, 1.807) is 0 Å². The van der Waals surface area contributed by atoms with Gasteiger partial charge in [0, 0.05) is 33.3 Å². The Bertz CT molecular complexity index is 179. The zero-order chi connectivity index (χ0) is 12.8. The number of methoxy groups -OCH3 is 1. The van der Waals surface area contributed by atoms with Crippen LogP contribution in [0.2, 0.25) is 0 Å². The fraction of sp³-hybridized carbons (Fsp3) is 0.917. The largest absolute Gasteiger partial charge is 0.396 e. The van der Waals surface area contributed by atoms with Crippen LogP contribution in [0.25, 0.3) is 0 Å². The van der Waals surface area contributed by atoms with Crippen LogP contribution >= 0.6 is 0 Å². The number of rotatable bonds is 11. The average Bonchev–Trinajstić information content (AvgIpc) is 2.33. The molecule has 96 valence electrons. The maximum Gasteiger partial charge on any atom is 0.219 e. The van der Waals surface area contributed by atoms with E-state index in [1.807, 2.05) is 0 Å². The fourth-order valence-corrected chi connectivity index (χ4v) is 1.40. The lowest BCUT2D eigenvalue weighted by Crippen LogP contribution is -2.24. The molecule has 0 fully saturated rings. The van der Waals surface area contributed by atoms with E-state index < -0.39 is 0 Å². The molecule has 4 nitrogen and oxygen atoms in total. The van der Waals surface area contributed by atoms with Crippen molar-refractivity contribution in [2.45, 2.75) is 44.9 Å². The van der Waals surface area contributed by atoms with Gasteiger partial charge in [-0.3, -0.25) is 4.79 Å². The first-order valence-corrected chi connectivity index (χ1v) is 6.05. The predicted octanol–water partition coefficient (Wildman–Crippen LogP) is 1.47. The number of amides is 1. The normalized spacial score (nSPS) is 11.2. The monoisotopic (exact) mass is 233 g/mol. The molecule has 0 aromatic carbocycles.